The highest BCUT2D eigenvalue weighted by atomic mass is 16.6. The highest BCUT2D eigenvalue weighted by molar-refractivity contribution is 7.00. The Morgan fingerprint density at radius 3 is 1.56 bits per heavy atom. The minimum absolute atomic E-state index is 0.104. The minimum Gasteiger partial charge on any atom is -0.486 e. The molecule has 0 aliphatic carbocycles. The first-order chi connectivity index (χ1) is 31.6. The zero-order valence-corrected chi connectivity index (χ0v) is 34.8. The molecule has 0 fully saturated rings. The van der Waals surface area contributed by atoms with Crippen LogP contribution in [0.2, 0.25) is 0 Å². The zero-order chi connectivity index (χ0) is 42.0. The number of para-hydroxylation sites is 3. The Bertz CT molecular complexity index is 3720. The molecular formula is C57H37BN2O4. The normalized spacial score (nSPS) is 13.7. The van der Waals surface area contributed by atoms with Crippen LogP contribution in [0.4, 0.5) is 34.1 Å². The van der Waals surface area contributed by atoms with Crippen LogP contribution in [0, 0.1) is 6.92 Å². The standard InChI is InChI=1S/C57H37BN2O4/c1-34-27-49-57-50(28-34)60(39-9-3-2-4-10-39)48-33-56-55(61-25-26-62-56)32-46(48)58(57)45-29-36(38-18-23-44-42-12-6-8-14-52(42)64-54(44)31-38)19-24-47(45)59(49)40-20-15-35(16-21-40)37-17-22-43-41-11-5-7-13-51(41)63-53(43)30-37/h2-24,27-33H,25-26H2,1H3. The number of hydrogen-bond acceptors (Lipinski definition) is 6. The summed E-state index contributed by atoms with van der Waals surface area (Å²) in [5.41, 5.74) is 19.5. The predicted molar refractivity (Wildman–Crippen MR) is 262 cm³/mol. The van der Waals surface area contributed by atoms with Crippen molar-refractivity contribution in [1.82, 2.24) is 0 Å². The topological polar surface area (TPSA) is 51.2 Å². The van der Waals surface area contributed by atoms with Gasteiger partial charge in [0.05, 0.1) is 0 Å². The Hall–Kier alpha value is -8.16. The summed E-state index contributed by atoms with van der Waals surface area (Å²) in [6.45, 7) is 3.13. The molecule has 0 radical (unpaired) electrons. The van der Waals surface area contributed by atoms with Crippen LogP contribution in [0.25, 0.3) is 66.1 Å². The number of fused-ring (bicyclic) bond motifs is 11. The van der Waals surface area contributed by atoms with Gasteiger partial charge in [-0.25, -0.2) is 0 Å². The first kappa shape index (κ1) is 35.4. The van der Waals surface area contributed by atoms with Gasteiger partial charge in [-0.15, -0.1) is 0 Å². The number of rotatable bonds is 4. The second-order valence-corrected chi connectivity index (χ2v) is 17.1. The van der Waals surface area contributed by atoms with Crippen LogP contribution in [0.1, 0.15) is 5.56 Å². The number of nitrogens with zero attached hydrogens (tertiary/aromatic N) is 2. The highest BCUT2D eigenvalue weighted by Crippen LogP contribution is 2.47. The van der Waals surface area contributed by atoms with Crippen LogP contribution in [-0.2, 0) is 0 Å². The Morgan fingerprint density at radius 1 is 0.391 bits per heavy atom. The van der Waals surface area contributed by atoms with Gasteiger partial charge in [-0.05, 0) is 136 Å². The summed E-state index contributed by atoms with van der Waals surface area (Å²) < 4.78 is 25.3. The number of hydrogen-bond donors (Lipinski definition) is 0. The third-order valence-electron chi connectivity index (χ3n) is 13.4. The van der Waals surface area contributed by atoms with Gasteiger partial charge < -0.3 is 28.1 Å². The molecule has 3 aliphatic rings. The lowest BCUT2D eigenvalue weighted by molar-refractivity contribution is 0.172. The molecule has 11 aromatic rings. The van der Waals surface area contributed by atoms with Crippen molar-refractivity contribution in [3.63, 3.8) is 0 Å². The average Bonchev–Trinajstić information content (AvgIpc) is 3.91. The van der Waals surface area contributed by atoms with E-state index in [2.05, 4.69) is 174 Å². The molecule has 0 N–H and O–H groups in total. The minimum atomic E-state index is -0.104. The summed E-state index contributed by atoms with van der Waals surface area (Å²) in [5, 5.41) is 4.51. The Balaban J connectivity index is 0.981. The Labute approximate surface area is 369 Å². The molecule has 0 unspecified atom stereocenters. The fraction of sp³-hybridized carbons (Fsp3) is 0.0526. The lowest BCUT2D eigenvalue weighted by atomic mass is 9.33. The van der Waals surface area contributed by atoms with Crippen molar-refractivity contribution < 1.29 is 18.3 Å². The van der Waals surface area contributed by atoms with E-state index in [0.29, 0.717) is 13.2 Å². The fourth-order valence-corrected chi connectivity index (χ4v) is 10.6. The summed E-state index contributed by atoms with van der Waals surface area (Å²) in [5.74, 6) is 1.55. The van der Waals surface area contributed by atoms with Crippen molar-refractivity contribution in [3.8, 4) is 33.8 Å². The summed E-state index contributed by atoms with van der Waals surface area (Å²) >= 11 is 0. The molecule has 64 heavy (non-hydrogen) atoms. The molecule has 3 aliphatic heterocycles. The first-order valence-corrected chi connectivity index (χ1v) is 21.9. The van der Waals surface area contributed by atoms with E-state index in [1.54, 1.807) is 0 Å². The Kier molecular flexibility index (Phi) is 7.43. The van der Waals surface area contributed by atoms with Gasteiger partial charge in [0, 0.05) is 61.7 Å². The Morgan fingerprint density at radius 2 is 0.891 bits per heavy atom. The van der Waals surface area contributed by atoms with Crippen LogP contribution >= 0.6 is 0 Å². The van der Waals surface area contributed by atoms with Crippen LogP contribution in [0.15, 0.2) is 191 Å². The van der Waals surface area contributed by atoms with Crippen molar-refractivity contribution in [1.29, 1.82) is 0 Å². The van der Waals surface area contributed by atoms with Gasteiger partial charge in [-0.3, -0.25) is 0 Å². The van der Waals surface area contributed by atoms with E-state index in [1.165, 1.54) is 22.0 Å². The molecule has 7 heteroatoms. The smallest absolute Gasteiger partial charge is 0.252 e. The summed E-state index contributed by atoms with van der Waals surface area (Å²) in [7, 11) is 0. The van der Waals surface area contributed by atoms with Gasteiger partial charge in [0.2, 0.25) is 0 Å². The highest BCUT2D eigenvalue weighted by Gasteiger charge is 2.44. The van der Waals surface area contributed by atoms with E-state index >= 15 is 0 Å². The number of ether oxygens (including phenoxy) is 2. The third kappa shape index (κ3) is 5.21. The SMILES string of the molecule is Cc1cc2c3c(c1)N(c1ccccc1)c1cc4c(cc1B3c1cc(-c3ccc5c(c3)oc3ccccc35)ccc1N2c1ccc(-c2ccc3c(c2)oc2ccccc23)cc1)OCCO4. The third-order valence-corrected chi connectivity index (χ3v) is 13.4. The zero-order valence-electron chi connectivity index (χ0n) is 34.8. The molecule has 0 saturated carbocycles. The van der Waals surface area contributed by atoms with E-state index in [0.717, 1.165) is 112 Å². The quantitative estimate of drug-likeness (QED) is 0.165. The molecule has 0 amide bonds. The average molecular weight is 825 g/mol. The number of furan rings is 2. The van der Waals surface area contributed by atoms with Crippen LogP contribution in [0.3, 0.4) is 0 Å². The molecule has 2 aromatic heterocycles. The molecule has 14 rings (SSSR count). The van der Waals surface area contributed by atoms with Crippen LogP contribution in [0.5, 0.6) is 11.5 Å². The van der Waals surface area contributed by atoms with Gasteiger partial charge in [0.15, 0.2) is 11.5 Å². The van der Waals surface area contributed by atoms with Gasteiger partial charge in [-0.2, -0.15) is 0 Å². The maximum atomic E-state index is 6.41. The van der Waals surface area contributed by atoms with Crippen LogP contribution < -0.4 is 35.7 Å². The molecule has 302 valence electrons. The molecular weight excluding hydrogens is 787 g/mol. The monoisotopic (exact) mass is 824 g/mol. The van der Waals surface area contributed by atoms with Crippen molar-refractivity contribution in [2.45, 2.75) is 6.92 Å². The summed E-state index contributed by atoms with van der Waals surface area (Å²) in [6.07, 6.45) is 0. The molecule has 0 bridgehead atoms. The largest absolute Gasteiger partial charge is 0.486 e. The summed E-state index contributed by atoms with van der Waals surface area (Å²) in [4.78, 5) is 4.87. The summed E-state index contributed by atoms with van der Waals surface area (Å²) in [6, 6.07) is 65.4. The lowest BCUT2D eigenvalue weighted by Gasteiger charge is -2.44. The second kappa shape index (κ2) is 13.4. The fourth-order valence-electron chi connectivity index (χ4n) is 10.6. The number of benzene rings is 9. The number of aryl methyl sites for hydroxylation is 1. The molecule has 0 spiro atoms. The van der Waals surface area contributed by atoms with Gasteiger partial charge in [0.1, 0.15) is 35.5 Å². The maximum Gasteiger partial charge on any atom is 0.252 e. The molecule has 0 saturated heterocycles. The number of anilines is 6. The van der Waals surface area contributed by atoms with Gasteiger partial charge >= 0.3 is 0 Å². The van der Waals surface area contributed by atoms with Crippen LogP contribution in [-0.4, -0.2) is 19.9 Å². The van der Waals surface area contributed by atoms with E-state index in [1.807, 2.05) is 24.3 Å². The molecule has 0 atom stereocenters. The van der Waals surface area contributed by atoms with Crippen molar-refractivity contribution >= 4 is 101 Å². The maximum absolute atomic E-state index is 6.41. The molecule has 6 nitrogen and oxygen atoms in total. The predicted octanol–water partition coefficient (Wildman–Crippen LogP) is 13.0. The van der Waals surface area contributed by atoms with E-state index < -0.39 is 0 Å². The van der Waals surface area contributed by atoms with Gasteiger partial charge in [0.25, 0.3) is 6.71 Å². The van der Waals surface area contributed by atoms with Crippen molar-refractivity contribution in [2.24, 2.45) is 0 Å². The second-order valence-electron chi connectivity index (χ2n) is 17.1. The molecule has 5 heterocycles. The van der Waals surface area contributed by atoms with Crippen molar-refractivity contribution in [3.05, 3.63) is 188 Å². The van der Waals surface area contributed by atoms with Crippen molar-refractivity contribution in [2.75, 3.05) is 23.0 Å². The van der Waals surface area contributed by atoms with Gasteiger partial charge in [-0.1, -0.05) is 91.0 Å². The molecule has 9 aromatic carbocycles. The lowest BCUT2D eigenvalue weighted by Crippen LogP contribution is -2.61. The van der Waals surface area contributed by atoms with E-state index in [9.17, 15) is 0 Å². The first-order valence-electron chi connectivity index (χ1n) is 21.9. The van der Waals surface area contributed by atoms with E-state index in [4.69, 9.17) is 18.3 Å². The van der Waals surface area contributed by atoms with E-state index in [-0.39, 0.29) is 6.71 Å².